The summed E-state index contributed by atoms with van der Waals surface area (Å²) in [5, 5.41) is 9.49. The molecule has 32 heavy (non-hydrogen) atoms. The Balaban J connectivity index is 1.93. The molecule has 1 N–H and O–H groups in total. The zero-order valence-electron chi connectivity index (χ0n) is 17.2. The van der Waals surface area contributed by atoms with Gasteiger partial charge in [-0.3, -0.25) is 4.79 Å². The van der Waals surface area contributed by atoms with E-state index in [1.54, 1.807) is 4.57 Å². The van der Waals surface area contributed by atoms with E-state index in [1.807, 2.05) is 13.8 Å². The summed E-state index contributed by atoms with van der Waals surface area (Å²) < 4.78 is 54.0. The monoisotopic (exact) mass is 475 g/mol. The molecular formula is C21H21ClF3NO6. The summed E-state index contributed by atoms with van der Waals surface area (Å²) >= 11 is 6.30. The van der Waals surface area contributed by atoms with Crippen LogP contribution in [0.1, 0.15) is 30.2 Å². The summed E-state index contributed by atoms with van der Waals surface area (Å²) in [5.41, 5.74) is -0.105. The third-order valence-corrected chi connectivity index (χ3v) is 5.20. The second-order valence-corrected chi connectivity index (χ2v) is 7.97. The Morgan fingerprint density at radius 1 is 1.31 bits per heavy atom. The number of benzene rings is 1. The van der Waals surface area contributed by atoms with E-state index in [0.717, 1.165) is 0 Å². The highest BCUT2D eigenvalue weighted by Crippen LogP contribution is 2.42. The van der Waals surface area contributed by atoms with E-state index >= 15 is 0 Å². The number of halogens is 4. The number of hydrogen-bond acceptors (Lipinski definition) is 5. The Labute approximate surface area is 186 Å². The van der Waals surface area contributed by atoms with Crippen LogP contribution in [0.15, 0.2) is 29.2 Å². The van der Waals surface area contributed by atoms with Gasteiger partial charge in [-0.1, -0.05) is 25.4 Å². The van der Waals surface area contributed by atoms with Crippen molar-refractivity contribution in [2.24, 2.45) is 5.92 Å². The van der Waals surface area contributed by atoms with Crippen LogP contribution < -0.4 is 14.9 Å². The molecule has 0 saturated heterocycles. The number of carboxylic acids is 1. The first-order valence-corrected chi connectivity index (χ1v) is 10.1. The minimum atomic E-state index is -4.42. The Kier molecular flexibility index (Phi) is 7.04. The summed E-state index contributed by atoms with van der Waals surface area (Å²) in [6, 6.07) is 3.96. The lowest BCUT2D eigenvalue weighted by Gasteiger charge is -2.24. The molecule has 11 heteroatoms. The number of carbonyl (C=O) groups is 1. The average molecular weight is 476 g/mol. The van der Waals surface area contributed by atoms with Crippen molar-refractivity contribution in [3.63, 3.8) is 0 Å². The molecule has 174 valence electrons. The van der Waals surface area contributed by atoms with Gasteiger partial charge in [-0.05, 0) is 12.0 Å². The second kappa shape index (κ2) is 9.41. The minimum absolute atomic E-state index is 0.0455. The third kappa shape index (κ3) is 5.36. The number of rotatable bonds is 7. The first-order chi connectivity index (χ1) is 15.0. The fourth-order valence-electron chi connectivity index (χ4n) is 3.33. The van der Waals surface area contributed by atoms with Gasteiger partial charge in [-0.2, -0.15) is 13.2 Å². The van der Waals surface area contributed by atoms with E-state index in [0.29, 0.717) is 17.0 Å². The zero-order valence-corrected chi connectivity index (χ0v) is 18.0. The van der Waals surface area contributed by atoms with Crippen LogP contribution in [-0.2, 0) is 4.74 Å². The van der Waals surface area contributed by atoms with E-state index in [4.69, 9.17) is 21.1 Å². The van der Waals surface area contributed by atoms with Crippen molar-refractivity contribution in [1.29, 1.82) is 0 Å². The van der Waals surface area contributed by atoms with Crippen LogP contribution in [0.4, 0.5) is 13.2 Å². The molecule has 0 bridgehead atoms. The highest BCUT2D eigenvalue weighted by atomic mass is 35.5. The predicted molar refractivity (Wildman–Crippen MR) is 110 cm³/mol. The van der Waals surface area contributed by atoms with Gasteiger partial charge in [0, 0.05) is 23.9 Å². The molecule has 0 spiro atoms. The van der Waals surface area contributed by atoms with Crippen LogP contribution in [-0.4, -0.2) is 48.2 Å². The largest absolute Gasteiger partial charge is 0.491 e. The highest BCUT2D eigenvalue weighted by Gasteiger charge is 2.29. The Bertz CT molecular complexity index is 1070. The number of fused-ring (bicyclic) bond motifs is 3. The first-order valence-electron chi connectivity index (χ1n) is 9.71. The fourth-order valence-corrected chi connectivity index (χ4v) is 3.55. The number of alkyl halides is 3. The van der Waals surface area contributed by atoms with Gasteiger partial charge in [0.1, 0.15) is 36.9 Å². The Hall–Kier alpha value is -2.72. The molecule has 2 aromatic rings. The van der Waals surface area contributed by atoms with Crippen molar-refractivity contribution in [3.8, 4) is 22.8 Å². The van der Waals surface area contributed by atoms with Crippen molar-refractivity contribution in [1.82, 2.24) is 4.57 Å². The maximum absolute atomic E-state index is 12.4. The molecule has 3 rings (SSSR count). The molecule has 2 heterocycles. The van der Waals surface area contributed by atoms with Crippen LogP contribution in [0.3, 0.4) is 0 Å². The van der Waals surface area contributed by atoms with Crippen molar-refractivity contribution < 1.29 is 37.3 Å². The summed E-state index contributed by atoms with van der Waals surface area (Å²) in [5.74, 6) is -0.753. The molecule has 0 amide bonds. The minimum Gasteiger partial charge on any atom is -0.491 e. The normalized spacial score (nSPS) is 15.5. The average Bonchev–Trinajstić information content (AvgIpc) is 2.82. The Morgan fingerprint density at radius 3 is 2.66 bits per heavy atom. The molecule has 1 aromatic carbocycles. The zero-order chi connectivity index (χ0) is 23.6. The molecule has 7 nitrogen and oxygen atoms in total. The highest BCUT2D eigenvalue weighted by molar-refractivity contribution is 6.32. The van der Waals surface area contributed by atoms with Crippen LogP contribution in [0.25, 0.3) is 11.3 Å². The molecule has 1 unspecified atom stereocenters. The molecule has 0 saturated carbocycles. The maximum atomic E-state index is 12.4. The Morgan fingerprint density at radius 2 is 2.03 bits per heavy atom. The van der Waals surface area contributed by atoms with Crippen LogP contribution in [0.5, 0.6) is 11.5 Å². The van der Waals surface area contributed by atoms with Gasteiger partial charge in [0.25, 0.3) is 0 Å². The van der Waals surface area contributed by atoms with Crippen LogP contribution >= 0.6 is 11.6 Å². The number of nitrogens with zero attached hydrogens (tertiary/aromatic N) is 1. The van der Waals surface area contributed by atoms with Crippen molar-refractivity contribution in [2.45, 2.75) is 26.1 Å². The fraction of sp³-hybridized carbons (Fsp3) is 0.429. The van der Waals surface area contributed by atoms with Crippen LogP contribution in [0, 0.1) is 5.92 Å². The number of carboxylic acid groups (broad SMARTS) is 1. The molecule has 1 atom stereocenters. The first kappa shape index (κ1) is 23.9. The molecule has 1 aliphatic heterocycles. The third-order valence-electron chi connectivity index (χ3n) is 4.91. The summed E-state index contributed by atoms with van der Waals surface area (Å²) in [6.07, 6.45) is -3.12. The van der Waals surface area contributed by atoms with Crippen molar-refractivity contribution >= 4 is 17.6 Å². The lowest BCUT2D eigenvalue weighted by atomic mass is 10.0. The quantitative estimate of drug-likeness (QED) is 0.597. The smallest absolute Gasteiger partial charge is 0.411 e. The van der Waals surface area contributed by atoms with E-state index in [2.05, 4.69) is 4.74 Å². The van der Waals surface area contributed by atoms with Gasteiger partial charge < -0.3 is 23.9 Å². The maximum Gasteiger partial charge on any atom is 0.411 e. The van der Waals surface area contributed by atoms with E-state index in [1.165, 1.54) is 24.4 Å². The van der Waals surface area contributed by atoms with Gasteiger partial charge in [0.05, 0.1) is 23.4 Å². The van der Waals surface area contributed by atoms with Gasteiger partial charge in [0.2, 0.25) is 0 Å². The lowest BCUT2D eigenvalue weighted by molar-refractivity contribution is -0.175. The molecule has 0 radical (unpaired) electrons. The molecular weight excluding hydrogens is 455 g/mol. The standard InChI is InChI=1S/C21H21ClF3NO6/c1-11(2)16-9-32-18-7-19(31-4-3-30-10-21(23,24)25)14(22)5-12(18)15-6-17(27)13(20(28)29)8-26(15)16/h5-8,11,16H,3-4,9-10H2,1-2H3,(H,28,29). The SMILES string of the molecule is CC(C)C1COc2cc(OCCOCC(F)(F)F)c(Cl)cc2-c2cc(=O)c(C(=O)O)cn21. The number of ether oxygens (including phenoxy) is 3. The molecule has 0 fully saturated rings. The number of aromatic nitrogens is 1. The number of hydrogen-bond donors (Lipinski definition) is 1. The lowest BCUT2D eigenvalue weighted by Crippen LogP contribution is -2.25. The van der Waals surface area contributed by atoms with E-state index in [-0.39, 0.29) is 48.1 Å². The topological polar surface area (TPSA) is 87.0 Å². The number of pyridine rings is 1. The van der Waals surface area contributed by atoms with Crippen LogP contribution in [0.2, 0.25) is 5.02 Å². The van der Waals surface area contributed by atoms with E-state index < -0.39 is 24.2 Å². The van der Waals surface area contributed by atoms with Gasteiger partial charge in [-0.15, -0.1) is 0 Å². The van der Waals surface area contributed by atoms with Crippen molar-refractivity contribution in [2.75, 3.05) is 26.4 Å². The molecule has 1 aromatic heterocycles. The van der Waals surface area contributed by atoms with Crippen molar-refractivity contribution in [3.05, 3.63) is 45.2 Å². The van der Waals surface area contributed by atoms with Gasteiger partial charge in [0.15, 0.2) is 5.43 Å². The van der Waals surface area contributed by atoms with Gasteiger partial charge >= 0.3 is 12.1 Å². The predicted octanol–water partition coefficient (Wildman–Crippen LogP) is 4.41. The van der Waals surface area contributed by atoms with Gasteiger partial charge in [-0.25, -0.2) is 4.79 Å². The summed E-state index contributed by atoms with van der Waals surface area (Å²) in [4.78, 5) is 23.8. The molecule has 0 aliphatic carbocycles. The number of aromatic carboxylic acids is 1. The van der Waals surface area contributed by atoms with E-state index in [9.17, 15) is 27.9 Å². The second-order valence-electron chi connectivity index (χ2n) is 7.57. The summed E-state index contributed by atoms with van der Waals surface area (Å²) in [6.45, 7) is 2.23. The molecule has 1 aliphatic rings. The summed E-state index contributed by atoms with van der Waals surface area (Å²) in [7, 11) is 0.